The molecule has 1 heterocycles. The summed E-state index contributed by atoms with van der Waals surface area (Å²) in [6, 6.07) is 11.7. The Morgan fingerprint density at radius 3 is 2.55 bits per heavy atom. The summed E-state index contributed by atoms with van der Waals surface area (Å²) < 4.78 is 0. The van der Waals surface area contributed by atoms with Gasteiger partial charge in [0, 0.05) is 23.3 Å². The molecule has 162 valence electrons. The van der Waals surface area contributed by atoms with Gasteiger partial charge in [-0.15, -0.1) is 11.3 Å². The van der Waals surface area contributed by atoms with E-state index in [2.05, 4.69) is 19.1 Å². The van der Waals surface area contributed by atoms with Crippen LogP contribution in [-0.4, -0.2) is 23.5 Å². The fourth-order valence-corrected chi connectivity index (χ4v) is 5.61. The topological polar surface area (TPSA) is 57.6 Å². The molecule has 0 spiro atoms. The lowest BCUT2D eigenvalue weighted by Gasteiger charge is -2.34. The molecule has 1 aromatic carbocycles. The molecule has 0 aliphatic heterocycles. The molecule has 2 aliphatic rings. The number of anilines is 1. The molecule has 2 aromatic rings. The van der Waals surface area contributed by atoms with E-state index in [1.807, 2.05) is 48.6 Å². The van der Waals surface area contributed by atoms with Crippen molar-refractivity contribution in [2.24, 2.45) is 11.3 Å². The van der Waals surface area contributed by atoms with E-state index in [1.54, 1.807) is 4.90 Å². The molecule has 1 atom stereocenters. The number of carboxylic acid groups (broad SMARTS) is 1. The number of aromatic carboxylic acids is 1. The van der Waals surface area contributed by atoms with E-state index in [-0.39, 0.29) is 16.2 Å². The van der Waals surface area contributed by atoms with E-state index in [4.69, 9.17) is 0 Å². The highest BCUT2D eigenvalue weighted by atomic mass is 32.1. The average Bonchev–Trinajstić information content (AvgIpc) is 3.43. The van der Waals surface area contributed by atoms with Crippen molar-refractivity contribution in [2.75, 3.05) is 11.4 Å². The van der Waals surface area contributed by atoms with Crippen LogP contribution in [0.2, 0.25) is 0 Å². The summed E-state index contributed by atoms with van der Waals surface area (Å²) in [6.07, 6.45) is 14.1. The second-order valence-corrected chi connectivity index (χ2v) is 10.0. The predicted molar refractivity (Wildman–Crippen MR) is 127 cm³/mol. The molecule has 1 amide bonds. The minimum Gasteiger partial charge on any atom is -0.477 e. The van der Waals surface area contributed by atoms with Crippen molar-refractivity contribution in [1.82, 2.24) is 0 Å². The van der Waals surface area contributed by atoms with Gasteiger partial charge in [-0.3, -0.25) is 4.79 Å². The lowest BCUT2D eigenvalue weighted by Crippen LogP contribution is -2.40. The Balaban J connectivity index is 1.72. The van der Waals surface area contributed by atoms with Gasteiger partial charge < -0.3 is 10.0 Å². The fourth-order valence-electron chi connectivity index (χ4n) is 4.61. The zero-order valence-electron chi connectivity index (χ0n) is 17.9. The molecule has 2 aliphatic carbocycles. The highest BCUT2D eigenvalue weighted by molar-refractivity contribution is 7.18. The maximum Gasteiger partial charge on any atom is 0.348 e. The average molecular weight is 436 g/mol. The van der Waals surface area contributed by atoms with Crippen LogP contribution in [0.5, 0.6) is 0 Å². The zero-order chi connectivity index (χ0) is 21.8. The summed E-state index contributed by atoms with van der Waals surface area (Å²) in [5, 5.41) is 9.96. The minimum absolute atomic E-state index is 0.0380. The van der Waals surface area contributed by atoms with Crippen LogP contribution >= 0.6 is 11.3 Å². The molecule has 0 bridgehead atoms. The second-order valence-electron chi connectivity index (χ2n) is 8.98. The number of carboxylic acids is 1. The highest BCUT2D eigenvalue weighted by Crippen LogP contribution is 2.40. The van der Waals surface area contributed by atoms with Crippen LogP contribution < -0.4 is 4.90 Å². The van der Waals surface area contributed by atoms with Crippen LogP contribution in [-0.2, 0) is 4.79 Å². The number of carbonyl (C=O) groups is 2. The second kappa shape index (κ2) is 9.23. The third kappa shape index (κ3) is 4.99. The van der Waals surface area contributed by atoms with Crippen molar-refractivity contribution in [2.45, 2.75) is 45.4 Å². The molecular weight excluding hydrogens is 406 g/mol. The summed E-state index contributed by atoms with van der Waals surface area (Å²) >= 11 is 1.24. The van der Waals surface area contributed by atoms with Crippen LogP contribution in [0.4, 0.5) is 5.69 Å². The highest BCUT2D eigenvalue weighted by Gasteiger charge is 2.33. The first-order valence-electron chi connectivity index (χ1n) is 11.0. The molecule has 4 nitrogen and oxygen atoms in total. The lowest BCUT2D eigenvalue weighted by molar-refractivity contribution is -0.119. The zero-order valence-corrected chi connectivity index (χ0v) is 18.7. The summed E-state index contributed by atoms with van der Waals surface area (Å²) in [5.41, 5.74) is 1.28. The van der Waals surface area contributed by atoms with Crippen molar-refractivity contribution in [1.29, 1.82) is 0 Å². The van der Waals surface area contributed by atoms with Gasteiger partial charge >= 0.3 is 5.97 Å². The van der Waals surface area contributed by atoms with Crippen molar-refractivity contribution in [3.63, 3.8) is 0 Å². The standard InChI is InChI=1S/C26H29NO3S/c1-26(14-8-3-9-15-26)18-27(23(28)16-19-10-6-7-11-19)21-17-22(31-24(21)25(29)30)20-12-4-2-5-13-20/h2-5,8-9,12-14,17,19H,6-7,10-11,15-16,18H2,1H3,(H,29,30). The van der Waals surface area contributed by atoms with Crippen LogP contribution in [0.1, 0.15) is 55.1 Å². The van der Waals surface area contributed by atoms with E-state index in [9.17, 15) is 14.7 Å². The number of benzene rings is 1. The first-order valence-corrected chi connectivity index (χ1v) is 11.8. The molecule has 1 fully saturated rings. The minimum atomic E-state index is -0.981. The number of hydrogen-bond acceptors (Lipinski definition) is 3. The molecule has 1 saturated carbocycles. The third-order valence-electron chi connectivity index (χ3n) is 6.34. The Morgan fingerprint density at radius 1 is 1.16 bits per heavy atom. The summed E-state index contributed by atoms with van der Waals surface area (Å²) in [4.78, 5) is 28.6. The molecule has 0 saturated heterocycles. The van der Waals surface area contributed by atoms with Gasteiger partial charge in [0.05, 0.1) is 5.69 Å². The number of carbonyl (C=O) groups excluding carboxylic acids is 1. The van der Waals surface area contributed by atoms with E-state index in [1.165, 1.54) is 24.2 Å². The molecule has 0 radical (unpaired) electrons. The Kier molecular flexibility index (Phi) is 6.42. The smallest absolute Gasteiger partial charge is 0.348 e. The van der Waals surface area contributed by atoms with Gasteiger partial charge in [0.2, 0.25) is 5.91 Å². The van der Waals surface area contributed by atoms with Gasteiger partial charge in [0.25, 0.3) is 0 Å². The summed E-state index contributed by atoms with van der Waals surface area (Å²) in [7, 11) is 0. The normalized spacial score (nSPS) is 20.8. The van der Waals surface area contributed by atoms with Crippen molar-refractivity contribution < 1.29 is 14.7 Å². The van der Waals surface area contributed by atoms with Gasteiger partial charge in [-0.05, 0) is 36.8 Å². The van der Waals surface area contributed by atoms with Gasteiger partial charge in [-0.2, -0.15) is 0 Å². The SMILES string of the molecule is CC1(CN(C(=O)CC2CCCC2)c2cc(-c3ccccc3)sc2C(=O)O)C=CC=CC1. The quantitative estimate of drug-likeness (QED) is 0.536. The maximum atomic E-state index is 13.5. The Bertz CT molecular complexity index is 1000. The number of rotatable bonds is 7. The first kappa shape index (κ1) is 21.6. The first-order chi connectivity index (χ1) is 15.0. The van der Waals surface area contributed by atoms with Crippen LogP contribution in [0.15, 0.2) is 60.7 Å². The third-order valence-corrected chi connectivity index (χ3v) is 7.51. The molecule has 31 heavy (non-hydrogen) atoms. The van der Waals surface area contributed by atoms with E-state index < -0.39 is 5.97 Å². The summed E-state index contributed by atoms with van der Waals surface area (Å²) in [6.45, 7) is 2.61. The van der Waals surface area contributed by atoms with Crippen LogP contribution in [0.25, 0.3) is 10.4 Å². The number of nitrogens with zero attached hydrogens (tertiary/aromatic N) is 1. The van der Waals surface area contributed by atoms with Gasteiger partial charge in [-0.25, -0.2) is 4.79 Å². The van der Waals surface area contributed by atoms with Crippen LogP contribution in [0, 0.1) is 11.3 Å². The fraction of sp³-hybridized carbons (Fsp3) is 0.385. The Labute approximate surface area is 187 Å². The lowest BCUT2D eigenvalue weighted by atomic mass is 9.83. The molecule has 4 rings (SSSR count). The summed E-state index contributed by atoms with van der Waals surface area (Å²) in [5.74, 6) is -0.536. The van der Waals surface area contributed by atoms with Crippen molar-refractivity contribution in [3.05, 3.63) is 65.6 Å². The van der Waals surface area contributed by atoms with Gasteiger partial charge in [0.1, 0.15) is 4.88 Å². The Morgan fingerprint density at radius 2 is 1.90 bits per heavy atom. The molecular formula is C26H29NO3S. The van der Waals surface area contributed by atoms with Crippen molar-refractivity contribution in [3.8, 4) is 10.4 Å². The largest absolute Gasteiger partial charge is 0.477 e. The Hall–Kier alpha value is -2.66. The number of amides is 1. The van der Waals surface area contributed by atoms with E-state index >= 15 is 0 Å². The number of hydrogen-bond donors (Lipinski definition) is 1. The maximum absolute atomic E-state index is 13.5. The van der Waals surface area contributed by atoms with Crippen molar-refractivity contribution >= 4 is 28.9 Å². The number of thiophene rings is 1. The van der Waals surface area contributed by atoms with Gasteiger partial charge in [-0.1, -0.05) is 74.4 Å². The van der Waals surface area contributed by atoms with Crippen LogP contribution in [0.3, 0.4) is 0 Å². The monoisotopic (exact) mass is 435 g/mol. The predicted octanol–water partition coefficient (Wildman–Crippen LogP) is 6.55. The molecule has 1 N–H and O–H groups in total. The number of allylic oxidation sites excluding steroid dienone is 3. The van der Waals surface area contributed by atoms with Gasteiger partial charge in [0.15, 0.2) is 0 Å². The van der Waals surface area contributed by atoms with E-state index in [0.29, 0.717) is 24.6 Å². The molecule has 5 heteroatoms. The molecule has 1 aromatic heterocycles. The van der Waals surface area contributed by atoms with E-state index in [0.717, 1.165) is 29.7 Å². The molecule has 1 unspecified atom stereocenters.